The lowest BCUT2D eigenvalue weighted by molar-refractivity contribution is -0.139. The summed E-state index contributed by atoms with van der Waals surface area (Å²) >= 11 is 0. The molecule has 0 aromatic carbocycles. The minimum Gasteiger partial charge on any atom is -0.353 e. The Morgan fingerprint density at radius 3 is 2.64 bits per heavy atom. The fraction of sp³-hybridized carbons (Fsp3) is 0.722. The molecule has 1 saturated carbocycles. The van der Waals surface area contributed by atoms with Crippen molar-refractivity contribution in [3.8, 4) is 0 Å². The molecule has 2 fully saturated rings. The van der Waals surface area contributed by atoms with E-state index >= 15 is 0 Å². The number of nitrogens with two attached hydrogens (primary N) is 1. The zero-order chi connectivity index (χ0) is 18.0. The summed E-state index contributed by atoms with van der Waals surface area (Å²) in [6, 6.07) is 1.93. The number of hydrogen-bond acceptors (Lipinski definition) is 6. The van der Waals surface area contributed by atoms with Crippen molar-refractivity contribution >= 4 is 17.7 Å². The topological polar surface area (TPSA) is 78.6 Å². The molecule has 7 heteroatoms. The molecular weight excluding hydrogens is 316 g/mol. The van der Waals surface area contributed by atoms with Crippen molar-refractivity contribution in [2.45, 2.75) is 38.1 Å². The van der Waals surface area contributed by atoms with Crippen molar-refractivity contribution < 1.29 is 4.79 Å². The predicted octanol–water partition coefficient (Wildman–Crippen LogP) is 1.10. The lowest BCUT2D eigenvalue weighted by Crippen LogP contribution is -2.57. The third-order valence-electron chi connectivity index (χ3n) is 5.50. The summed E-state index contributed by atoms with van der Waals surface area (Å²) in [7, 11) is 3.87. The minimum atomic E-state index is -0.361. The zero-order valence-corrected chi connectivity index (χ0v) is 15.6. The van der Waals surface area contributed by atoms with Crippen LogP contribution in [0.15, 0.2) is 12.3 Å². The Morgan fingerprint density at radius 1 is 1.28 bits per heavy atom. The highest BCUT2D eigenvalue weighted by atomic mass is 16.2. The molecule has 3 rings (SSSR count). The van der Waals surface area contributed by atoms with Crippen molar-refractivity contribution in [3.63, 3.8) is 0 Å². The molecule has 1 saturated heterocycles. The molecule has 1 aliphatic heterocycles. The number of carbonyl (C=O) groups is 1. The van der Waals surface area contributed by atoms with Gasteiger partial charge in [-0.1, -0.05) is 12.8 Å². The largest absolute Gasteiger partial charge is 0.353 e. The van der Waals surface area contributed by atoms with Gasteiger partial charge in [0.1, 0.15) is 5.82 Å². The second-order valence-corrected chi connectivity index (χ2v) is 7.73. The molecule has 2 aliphatic rings. The number of hydrogen-bond donors (Lipinski definition) is 1. The highest BCUT2D eigenvalue weighted by Crippen LogP contribution is 2.33. The van der Waals surface area contributed by atoms with E-state index in [9.17, 15) is 4.79 Å². The average Bonchev–Trinajstić information content (AvgIpc) is 2.61. The van der Waals surface area contributed by atoms with Gasteiger partial charge in [-0.2, -0.15) is 4.98 Å². The Labute approximate surface area is 150 Å². The number of amides is 1. The summed E-state index contributed by atoms with van der Waals surface area (Å²) in [6.45, 7) is 5.08. The number of rotatable bonds is 3. The molecule has 0 bridgehead atoms. The molecule has 0 spiro atoms. The third-order valence-corrected chi connectivity index (χ3v) is 5.50. The van der Waals surface area contributed by atoms with Crippen molar-refractivity contribution in [2.75, 3.05) is 50.1 Å². The van der Waals surface area contributed by atoms with Gasteiger partial charge in [0.25, 0.3) is 0 Å². The van der Waals surface area contributed by atoms with Gasteiger partial charge in [0.05, 0.1) is 5.92 Å². The third kappa shape index (κ3) is 3.86. The van der Waals surface area contributed by atoms with E-state index in [-0.39, 0.29) is 17.4 Å². The number of nitrogens with zero attached hydrogens (tertiary/aromatic N) is 5. The minimum absolute atomic E-state index is 0.0350. The summed E-state index contributed by atoms with van der Waals surface area (Å²) in [5.41, 5.74) is 6.05. The maximum absolute atomic E-state index is 13.0. The number of piperazine rings is 1. The molecule has 2 heterocycles. The molecule has 2 atom stereocenters. The van der Waals surface area contributed by atoms with Gasteiger partial charge in [-0.25, -0.2) is 4.98 Å². The van der Waals surface area contributed by atoms with Crippen LogP contribution in [0.4, 0.5) is 11.8 Å². The van der Waals surface area contributed by atoms with Crippen LogP contribution < -0.4 is 15.5 Å². The first-order chi connectivity index (χ1) is 11.9. The lowest BCUT2D eigenvalue weighted by atomic mass is 9.74. The molecule has 7 nitrogen and oxygen atoms in total. The van der Waals surface area contributed by atoms with Gasteiger partial charge in [-0.05, 0) is 25.8 Å². The quantitative estimate of drug-likeness (QED) is 0.883. The van der Waals surface area contributed by atoms with Crippen LogP contribution >= 0.6 is 0 Å². The zero-order valence-electron chi connectivity index (χ0n) is 15.6. The van der Waals surface area contributed by atoms with Gasteiger partial charge < -0.3 is 20.4 Å². The monoisotopic (exact) mass is 346 g/mol. The molecule has 138 valence electrons. The Kier molecular flexibility index (Phi) is 5.13. The molecule has 2 unspecified atom stereocenters. The van der Waals surface area contributed by atoms with Crippen LogP contribution in [0.3, 0.4) is 0 Å². The predicted molar refractivity (Wildman–Crippen MR) is 99.7 cm³/mol. The Balaban J connectivity index is 1.62. The number of aromatic nitrogens is 2. The summed E-state index contributed by atoms with van der Waals surface area (Å²) in [4.78, 5) is 27.9. The fourth-order valence-corrected chi connectivity index (χ4v) is 3.87. The second-order valence-electron chi connectivity index (χ2n) is 7.73. The highest BCUT2D eigenvalue weighted by Gasteiger charge is 2.40. The molecule has 0 radical (unpaired) electrons. The van der Waals surface area contributed by atoms with E-state index in [1.165, 1.54) is 0 Å². The van der Waals surface area contributed by atoms with E-state index in [1.807, 2.05) is 36.9 Å². The Morgan fingerprint density at radius 2 is 2.00 bits per heavy atom. The van der Waals surface area contributed by atoms with Crippen LogP contribution in [0, 0.1) is 5.92 Å². The van der Waals surface area contributed by atoms with E-state index in [4.69, 9.17) is 5.73 Å². The average molecular weight is 346 g/mol. The van der Waals surface area contributed by atoms with Gasteiger partial charge >= 0.3 is 0 Å². The van der Waals surface area contributed by atoms with Crippen LogP contribution in [0.5, 0.6) is 0 Å². The molecule has 2 N–H and O–H groups in total. The summed E-state index contributed by atoms with van der Waals surface area (Å²) in [6.07, 6.45) is 5.89. The maximum atomic E-state index is 13.0. The molecule has 25 heavy (non-hydrogen) atoms. The normalized spacial score (nSPS) is 27.3. The van der Waals surface area contributed by atoms with Gasteiger partial charge in [-0.15, -0.1) is 0 Å². The second kappa shape index (κ2) is 7.15. The van der Waals surface area contributed by atoms with Crippen LogP contribution in [0.25, 0.3) is 0 Å². The Bertz CT molecular complexity index is 609. The van der Waals surface area contributed by atoms with Crippen molar-refractivity contribution in [2.24, 2.45) is 11.7 Å². The van der Waals surface area contributed by atoms with E-state index < -0.39 is 0 Å². The lowest BCUT2D eigenvalue weighted by Gasteiger charge is -2.42. The molecule has 1 amide bonds. The SMILES string of the molecule is CN(C)c1nccc(N2CCN(C(=O)C3CCCCC3(C)N)CC2)n1. The number of carbonyl (C=O) groups excluding carboxylic acids is 1. The molecule has 1 aromatic rings. The van der Waals surface area contributed by atoms with Crippen molar-refractivity contribution in [1.29, 1.82) is 0 Å². The van der Waals surface area contributed by atoms with Gasteiger partial charge in [-0.3, -0.25) is 4.79 Å². The van der Waals surface area contributed by atoms with Gasteiger partial charge in [0, 0.05) is 52.0 Å². The van der Waals surface area contributed by atoms with Crippen LogP contribution in [0.2, 0.25) is 0 Å². The molecule has 1 aromatic heterocycles. The van der Waals surface area contributed by atoms with Gasteiger partial charge in [0.15, 0.2) is 0 Å². The van der Waals surface area contributed by atoms with Crippen LogP contribution in [0.1, 0.15) is 32.6 Å². The summed E-state index contributed by atoms with van der Waals surface area (Å²) < 4.78 is 0. The van der Waals surface area contributed by atoms with Crippen molar-refractivity contribution in [3.05, 3.63) is 12.3 Å². The van der Waals surface area contributed by atoms with Crippen LogP contribution in [-0.4, -0.2) is 66.6 Å². The summed E-state index contributed by atoms with van der Waals surface area (Å²) in [5, 5.41) is 0. The number of anilines is 2. The molecule has 1 aliphatic carbocycles. The smallest absolute Gasteiger partial charge is 0.227 e. The first kappa shape index (κ1) is 17.9. The van der Waals surface area contributed by atoms with E-state index in [0.29, 0.717) is 5.95 Å². The van der Waals surface area contributed by atoms with E-state index in [2.05, 4.69) is 14.9 Å². The first-order valence-electron chi connectivity index (χ1n) is 9.21. The van der Waals surface area contributed by atoms with Crippen molar-refractivity contribution in [1.82, 2.24) is 14.9 Å². The van der Waals surface area contributed by atoms with E-state index in [1.54, 1.807) is 6.20 Å². The Hall–Kier alpha value is -1.89. The first-order valence-corrected chi connectivity index (χ1v) is 9.21. The van der Waals surface area contributed by atoms with E-state index in [0.717, 1.165) is 57.7 Å². The standard InChI is InChI=1S/C18H30N6O/c1-18(19)8-5-4-6-14(18)16(25)24-12-10-23(11-13-24)15-7-9-20-17(21-15)22(2)3/h7,9,14H,4-6,8,10-13,19H2,1-3H3. The fourth-order valence-electron chi connectivity index (χ4n) is 3.87. The maximum Gasteiger partial charge on any atom is 0.227 e. The van der Waals surface area contributed by atoms with Crippen LogP contribution in [-0.2, 0) is 4.79 Å². The van der Waals surface area contributed by atoms with Gasteiger partial charge in [0.2, 0.25) is 11.9 Å². The highest BCUT2D eigenvalue weighted by molar-refractivity contribution is 5.80. The molecular formula is C18H30N6O. The summed E-state index contributed by atoms with van der Waals surface area (Å²) in [5.74, 6) is 1.83.